The van der Waals surface area contributed by atoms with E-state index >= 15 is 0 Å². The maximum absolute atomic E-state index is 13.6. The van der Waals surface area contributed by atoms with E-state index in [0.29, 0.717) is 51.3 Å². The van der Waals surface area contributed by atoms with E-state index in [-0.39, 0.29) is 17.4 Å². The van der Waals surface area contributed by atoms with Gasteiger partial charge in [-0.15, -0.1) is 0 Å². The lowest BCUT2D eigenvalue weighted by Gasteiger charge is -2.18. The van der Waals surface area contributed by atoms with E-state index in [1.54, 1.807) is 50.3 Å². The average Bonchev–Trinajstić information content (AvgIpc) is 3.38. The fourth-order valence-corrected chi connectivity index (χ4v) is 5.92. The van der Waals surface area contributed by atoms with Crippen LogP contribution in [0.15, 0.2) is 40.2 Å². The maximum atomic E-state index is 13.6. The van der Waals surface area contributed by atoms with E-state index in [9.17, 15) is 9.90 Å². The molecule has 1 saturated carbocycles. The van der Waals surface area contributed by atoms with E-state index in [4.69, 9.17) is 18.9 Å². The lowest BCUT2D eigenvalue weighted by atomic mass is 10.2. The van der Waals surface area contributed by atoms with Gasteiger partial charge >= 0.3 is 5.56 Å². The van der Waals surface area contributed by atoms with Gasteiger partial charge in [0.25, 0.3) is 4.90 Å². The van der Waals surface area contributed by atoms with Gasteiger partial charge in [-0.2, -0.15) is 0 Å². The number of hydrogen-bond acceptors (Lipinski definition) is 7. The summed E-state index contributed by atoms with van der Waals surface area (Å²) in [4.78, 5) is 18.5. The highest BCUT2D eigenvalue weighted by molar-refractivity contribution is 7.96. The van der Waals surface area contributed by atoms with Crippen LogP contribution < -0.4 is 24.5 Å². The number of ether oxygens (including phenoxy) is 4. The Morgan fingerprint density at radius 1 is 1.12 bits per heavy atom. The highest BCUT2D eigenvalue weighted by Gasteiger charge is 2.32. The molecule has 1 aromatic carbocycles. The normalized spacial score (nSPS) is 14.8. The molecule has 4 rings (SSSR count). The fraction of sp³-hybridized carbons (Fsp3) is 0.440. The zero-order valence-electron chi connectivity index (χ0n) is 20.0. The van der Waals surface area contributed by atoms with Gasteiger partial charge in [0.15, 0.2) is 17.2 Å². The average molecular weight is 488 g/mol. The largest absolute Gasteiger partial charge is 0.503 e. The van der Waals surface area contributed by atoms with Crippen molar-refractivity contribution >= 4 is 21.9 Å². The van der Waals surface area contributed by atoms with Crippen LogP contribution in [0.4, 0.5) is 0 Å². The van der Waals surface area contributed by atoms with Crippen molar-refractivity contribution in [1.82, 2.24) is 9.55 Å². The van der Waals surface area contributed by atoms with Crippen molar-refractivity contribution in [1.29, 1.82) is 0 Å². The Labute approximate surface area is 201 Å². The molecule has 1 aliphatic carbocycles. The van der Waals surface area contributed by atoms with Gasteiger partial charge in [-0.25, -0.2) is 4.98 Å². The van der Waals surface area contributed by atoms with Crippen LogP contribution in [0.25, 0.3) is 11.0 Å². The van der Waals surface area contributed by atoms with Gasteiger partial charge in [0.1, 0.15) is 30.0 Å². The minimum atomic E-state index is -0.540. The Kier molecular flexibility index (Phi) is 7.41. The Balaban J connectivity index is 1.59. The third kappa shape index (κ3) is 4.49. The van der Waals surface area contributed by atoms with Crippen LogP contribution in [-0.2, 0) is 10.9 Å². The second-order valence-electron chi connectivity index (χ2n) is 8.22. The van der Waals surface area contributed by atoms with Crippen LogP contribution in [0.2, 0.25) is 0 Å². The topological polar surface area (TPSA) is 92.0 Å². The van der Waals surface area contributed by atoms with E-state index in [0.717, 1.165) is 25.7 Å². The number of aromatic nitrogens is 2. The van der Waals surface area contributed by atoms with Crippen molar-refractivity contribution < 1.29 is 24.1 Å². The molecule has 2 heterocycles. The zero-order valence-corrected chi connectivity index (χ0v) is 20.8. The van der Waals surface area contributed by atoms with Crippen LogP contribution in [0.5, 0.6) is 28.7 Å². The number of rotatable bonds is 9. The first-order valence-corrected chi connectivity index (χ1v) is 13.1. The SMILES string of the molecule is COc1cc(OCC[S+](C)c2c(O)c3cccnc3n(C3CCCC3)c2=O)cc(OC)c1OC. The summed E-state index contributed by atoms with van der Waals surface area (Å²) in [7, 11) is 4.11. The summed E-state index contributed by atoms with van der Waals surface area (Å²) in [6.07, 6.45) is 7.75. The number of fused-ring (bicyclic) bond motifs is 1. The molecule has 1 unspecified atom stereocenters. The Morgan fingerprint density at radius 2 is 1.79 bits per heavy atom. The molecule has 0 radical (unpaired) electrons. The molecule has 0 amide bonds. The molecular formula is C25H31N2O6S+. The molecule has 1 aliphatic rings. The lowest BCUT2D eigenvalue weighted by molar-refractivity contribution is 0.309. The van der Waals surface area contributed by atoms with Crippen LogP contribution in [0, 0.1) is 0 Å². The van der Waals surface area contributed by atoms with Gasteiger partial charge in [-0.3, -0.25) is 9.36 Å². The van der Waals surface area contributed by atoms with E-state index in [2.05, 4.69) is 4.98 Å². The second-order valence-corrected chi connectivity index (χ2v) is 10.3. The van der Waals surface area contributed by atoms with Crippen LogP contribution in [-0.4, -0.2) is 54.6 Å². The molecule has 1 fully saturated rings. The van der Waals surface area contributed by atoms with Gasteiger partial charge in [0, 0.05) is 35.3 Å². The quantitative estimate of drug-likeness (QED) is 0.457. The predicted octanol–water partition coefficient (Wildman–Crippen LogP) is 3.93. The summed E-state index contributed by atoms with van der Waals surface area (Å²) < 4.78 is 23.9. The first-order chi connectivity index (χ1) is 16.5. The number of aromatic hydroxyl groups is 1. The van der Waals surface area contributed by atoms with Crippen molar-refractivity contribution in [2.24, 2.45) is 0 Å². The number of methoxy groups -OCH3 is 3. The van der Waals surface area contributed by atoms with Crippen LogP contribution in [0.3, 0.4) is 0 Å². The smallest absolute Gasteiger partial charge is 0.311 e. The van der Waals surface area contributed by atoms with Crippen molar-refractivity contribution in [3.63, 3.8) is 0 Å². The molecule has 0 spiro atoms. The lowest BCUT2D eigenvalue weighted by Crippen LogP contribution is -2.30. The third-order valence-electron chi connectivity index (χ3n) is 6.23. The summed E-state index contributed by atoms with van der Waals surface area (Å²) in [5.74, 6) is 2.67. The van der Waals surface area contributed by atoms with E-state index < -0.39 is 10.9 Å². The number of hydrogen-bond donors (Lipinski definition) is 1. The Bertz CT molecular complexity index is 1200. The molecule has 1 atom stereocenters. The molecule has 3 aromatic rings. The summed E-state index contributed by atoms with van der Waals surface area (Å²) >= 11 is 0. The molecule has 34 heavy (non-hydrogen) atoms. The second kappa shape index (κ2) is 10.5. The zero-order chi connectivity index (χ0) is 24.2. The summed E-state index contributed by atoms with van der Waals surface area (Å²) in [6, 6.07) is 7.21. The summed E-state index contributed by atoms with van der Waals surface area (Å²) in [5.41, 5.74) is 0.417. The van der Waals surface area contributed by atoms with Gasteiger partial charge in [0.05, 0.1) is 26.7 Å². The van der Waals surface area contributed by atoms with Gasteiger partial charge in [-0.1, -0.05) is 12.8 Å². The fourth-order valence-electron chi connectivity index (χ4n) is 4.55. The number of nitrogens with zero attached hydrogens (tertiary/aromatic N) is 2. The molecule has 0 aliphatic heterocycles. The van der Waals surface area contributed by atoms with Crippen LogP contribution >= 0.6 is 0 Å². The standard InChI is InChI=1S/C25H30N2O6S/c1-30-19-14-17(15-20(31-2)22(19)32-3)33-12-13-34(4)23-21(28)18-10-7-11-26-24(18)27(25(23)29)16-8-5-6-9-16/h7,10-11,14-16H,5-6,8-9,12-13H2,1-4H3/p+1. The summed E-state index contributed by atoms with van der Waals surface area (Å²) in [5, 5.41) is 11.7. The number of pyridine rings is 2. The highest BCUT2D eigenvalue weighted by atomic mass is 32.2. The van der Waals surface area contributed by atoms with Crippen molar-refractivity contribution in [3.05, 3.63) is 40.8 Å². The molecule has 182 valence electrons. The first kappa shape index (κ1) is 24.1. The molecule has 0 bridgehead atoms. The first-order valence-electron chi connectivity index (χ1n) is 11.3. The minimum absolute atomic E-state index is 0.0287. The molecular weight excluding hydrogens is 456 g/mol. The molecule has 9 heteroatoms. The monoisotopic (exact) mass is 487 g/mol. The molecule has 0 saturated heterocycles. The third-order valence-corrected chi connectivity index (χ3v) is 8.08. The molecule has 1 N–H and O–H groups in total. The van der Waals surface area contributed by atoms with Gasteiger partial charge in [0.2, 0.25) is 5.75 Å². The Morgan fingerprint density at radius 3 is 2.41 bits per heavy atom. The van der Waals surface area contributed by atoms with Crippen LogP contribution in [0.1, 0.15) is 31.7 Å². The highest BCUT2D eigenvalue weighted by Crippen LogP contribution is 2.41. The minimum Gasteiger partial charge on any atom is -0.503 e. The predicted molar refractivity (Wildman–Crippen MR) is 133 cm³/mol. The molecule has 8 nitrogen and oxygen atoms in total. The van der Waals surface area contributed by atoms with Gasteiger partial charge < -0.3 is 24.1 Å². The molecule has 2 aromatic heterocycles. The summed E-state index contributed by atoms with van der Waals surface area (Å²) in [6.45, 7) is 0.353. The number of benzene rings is 1. The maximum Gasteiger partial charge on any atom is 0.311 e. The van der Waals surface area contributed by atoms with E-state index in [1.807, 2.05) is 12.3 Å². The van der Waals surface area contributed by atoms with Crippen molar-refractivity contribution in [3.8, 4) is 28.7 Å². The van der Waals surface area contributed by atoms with E-state index in [1.165, 1.54) is 0 Å². The Hall–Kier alpha value is -3.07. The van der Waals surface area contributed by atoms with Crippen molar-refractivity contribution in [2.45, 2.75) is 36.6 Å². The van der Waals surface area contributed by atoms with Gasteiger partial charge in [-0.05, 0) is 25.0 Å². The van der Waals surface area contributed by atoms with Crippen molar-refractivity contribution in [2.75, 3.05) is 39.9 Å².